The Labute approximate surface area is 184 Å². The second kappa shape index (κ2) is 9.49. The number of nitrogens with zero attached hydrogens (tertiary/aromatic N) is 2. The van der Waals surface area contributed by atoms with Crippen molar-refractivity contribution in [2.75, 3.05) is 11.5 Å². The van der Waals surface area contributed by atoms with Crippen LogP contribution in [0.3, 0.4) is 0 Å². The topological polar surface area (TPSA) is 113 Å². The number of amides is 2. The number of para-hydroxylation sites is 1. The minimum atomic E-state index is -0.879. The van der Waals surface area contributed by atoms with Crippen LogP contribution < -0.4 is 10.6 Å². The number of nitriles is 1. The molecule has 0 saturated carbocycles. The quantitative estimate of drug-likeness (QED) is 0.424. The summed E-state index contributed by atoms with van der Waals surface area (Å²) < 4.78 is 4.98. The Bertz CT molecular complexity index is 1100. The summed E-state index contributed by atoms with van der Waals surface area (Å²) in [6.07, 6.45) is 0.357. The fourth-order valence-corrected chi connectivity index (χ4v) is 4.55. The van der Waals surface area contributed by atoms with Gasteiger partial charge in [-0.05, 0) is 49.6 Å². The summed E-state index contributed by atoms with van der Waals surface area (Å²) in [4.78, 5) is 38.4. The van der Waals surface area contributed by atoms with Crippen molar-refractivity contribution >= 4 is 35.2 Å². The molecule has 1 saturated heterocycles. The normalized spacial score (nSPS) is 17.3. The molecule has 1 aliphatic rings. The van der Waals surface area contributed by atoms with Crippen LogP contribution in [0.1, 0.15) is 28.4 Å². The van der Waals surface area contributed by atoms with Crippen molar-refractivity contribution in [1.29, 1.82) is 5.26 Å². The van der Waals surface area contributed by atoms with Crippen LogP contribution in [0.25, 0.3) is 0 Å². The Morgan fingerprint density at radius 3 is 2.45 bits per heavy atom. The first-order valence-electron chi connectivity index (χ1n) is 9.63. The highest BCUT2D eigenvalue weighted by Crippen LogP contribution is 2.42. The maximum absolute atomic E-state index is 13.3. The molecular weight excluding hydrogens is 414 g/mol. The molecule has 1 heterocycles. The summed E-state index contributed by atoms with van der Waals surface area (Å²) in [5.41, 5.74) is 7.85. The lowest BCUT2D eigenvalue weighted by Crippen LogP contribution is -2.31. The second-order valence-corrected chi connectivity index (χ2v) is 8.04. The van der Waals surface area contributed by atoms with Gasteiger partial charge in [-0.25, -0.2) is 4.79 Å². The van der Waals surface area contributed by atoms with E-state index in [1.54, 1.807) is 43.3 Å². The van der Waals surface area contributed by atoms with Crippen LogP contribution in [-0.4, -0.2) is 29.6 Å². The van der Waals surface area contributed by atoms with Crippen molar-refractivity contribution in [2.45, 2.75) is 25.5 Å². The van der Waals surface area contributed by atoms with E-state index in [4.69, 9.17) is 10.5 Å². The zero-order valence-corrected chi connectivity index (χ0v) is 17.9. The number of anilines is 1. The average molecular weight is 436 g/mol. The fourth-order valence-electron chi connectivity index (χ4n) is 3.24. The van der Waals surface area contributed by atoms with Crippen LogP contribution in [0, 0.1) is 18.3 Å². The lowest BCUT2D eigenvalue weighted by Gasteiger charge is -2.20. The maximum Gasteiger partial charge on any atom is 0.338 e. The lowest BCUT2D eigenvalue weighted by atomic mass is 10.1. The van der Waals surface area contributed by atoms with Crippen molar-refractivity contribution < 1.29 is 19.1 Å². The summed E-state index contributed by atoms with van der Waals surface area (Å²) in [7, 11) is 0. The van der Waals surface area contributed by atoms with Gasteiger partial charge in [-0.2, -0.15) is 5.26 Å². The molecule has 0 aromatic heterocycles. The molecule has 1 fully saturated rings. The third kappa shape index (κ3) is 4.62. The summed E-state index contributed by atoms with van der Waals surface area (Å²) in [6, 6.07) is 15.9. The van der Waals surface area contributed by atoms with Crippen LogP contribution in [-0.2, 0) is 20.7 Å². The molecule has 1 aliphatic heterocycles. The van der Waals surface area contributed by atoms with Gasteiger partial charge in [0.2, 0.25) is 5.91 Å². The highest BCUT2D eigenvalue weighted by atomic mass is 32.2. The Morgan fingerprint density at radius 2 is 1.87 bits per heavy atom. The number of carbonyl (C=O) groups excluding carboxylic acids is 3. The molecule has 2 aromatic carbocycles. The van der Waals surface area contributed by atoms with E-state index in [-0.39, 0.29) is 16.5 Å². The first-order chi connectivity index (χ1) is 14.9. The summed E-state index contributed by atoms with van der Waals surface area (Å²) in [6.45, 7) is 3.88. The minimum Gasteiger partial charge on any atom is -0.462 e. The standard InChI is InChI=1S/C23H21N3O4S/c1-3-30-23(29)16-10-8-15(9-11-16)12-19-21(28)26(18-7-5-4-6-14(18)2)22(31-19)17(13-24)20(25)27/h4-11,19H,3,12H2,1-2H3,(H2,25,27). The van der Waals surface area contributed by atoms with Gasteiger partial charge in [0.25, 0.3) is 5.91 Å². The number of esters is 1. The maximum atomic E-state index is 13.3. The number of aryl methyl sites for hydroxylation is 1. The SMILES string of the molecule is CCOC(=O)c1ccc(CC2SC(=C(C#N)C(N)=O)N(c3ccccc3C)C2=O)cc1. The molecule has 0 radical (unpaired) electrons. The zero-order valence-electron chi connectivity index (χ0n) is 17.1. The van der Waals surface area contributed by atoms with Crippen molar-refractivity contribution in [1.82, 2.24) is 0 Å². The van der Waals surface area contributed by atoms with E-state index in [1.165, 1.54) is 4.90 Å². The molecule has 2 aromatic rings. The van der Waals surface area contributed by atoms with Gasteiger partial charge in [-0.15, -0.1) is 0 Å². The van der Waals surface area contributed by atoms with Crippen molar-refractivity contribution in [3.63, 3.8) is 0 Å². The van der Waals surface area contributed by atoms with Crippen LogP contribution in [0.15, 0.2) is 59.1 Å². The summed E-state index contributed by atoms with van der Waals surface area (Å²) >= 11 is 1.15. The molecule has 2 N–H and O–H groups in total. The number of nitrogens with two attached hydrogens (primary N) is 1. The van der Waals surface area contributed by atoms with Gasteiger partial charge in [-0.1, -0.05) is 42.1 Å². The second-order valence-electron chi connectivity index (χ2n) is 6.84. The largest absolute Gasteiger partial charge is 0.462 e. The van der Waals surface area contributed by atoms with Crippen LogP contribution in [0.5, 0.6) is 0 Å². The van der Waals surface area contributed by atoms with E-state index >= 15 is 0 Å². The minimum absolute atomic E-state index is 0.238. The number of hydrogen-bond acceptors (Lipinski definition) is 6. The lowest BCUT2D eigenvalue weighted by molar-refractivity contribution is -0.117. The third-order valence-electron chi connectivity index (χ3n) is 4.77. The van der Waals surface area contributed by atoms with Gasteiger partial charge in [0, 0.05) is 0 Å². The molecule has 31 heavy (non-hydrogen) atoms. The summed E-state index contributed by atoms with van der Waals surface area (Å²) in [5, 5.41) is 9.16. The van der Waals surface area contributed by atoms with Crippen LogP contribution >= 0.6 is 11.8 Å². The van der Waals surface area contributed by atoms with Crippen LogP contribution in [0.4, 0.5) is 5.69 Å². The van der Waals surface area contributed by atoms with E-state index < -0.39 is 17.1 Å². The van der Waals surface area contributed by atoms with E-state index in [2.05, 4.69) is 0 Å². The molecule has 0 spiro atoms. The molecule has 1 atom stereocenters. The number of benzene rings is 2. The van der Waals surface area contributed by atoms with E-state index in [0.29, 0.717) is 24.3 Å². The molecule has 2 amide bonds. The molecule has 8 heteroatoms. The smallest absolute Gasteiger partial charge is 0.338 e. The Hall–Kier alpha value is -3.57. The molecule has 7 nitrogen and oxygen atoms in total. The number of carbonyl (C=O) groups is 3. The van der Waals surface area contributed by atoms with Gasteiger partial charge in [-0.3, -0.25) is 14.5 Å². The third-order valence-corrected chi connectivity index (χ3v) is 6.03. The molecular formula is C23H21N3O4S. The van der Waals surface area contributed by atoms with Gasteiger partial charge in [0.15, 0.2) is 0 Å². The van der Waals surface area contributed by atoms with Gasteiger partial charge >= 0.3 is 5.97 Å². The predicted octanol–water partition coefficient (Wildman–Crippen LogP) is 3.08. The van der Waals surface area contributed by atoms with Gasteiger partial charge < -0.3 is 10.5 Å². The first-order valence-corrected chi connectivity index (χ1v) is 10.5. The van der Waals surface area contributed by atoms with Gasteiger partial charge in [0.1, 0.15) is 16.7 Å². The number of ether oxygens (including phenoxy) is 1. The first kappa shape index (κ1) is 22.1. The highest BCUT2D eigenvalue weighted by molar-refractivity contribution is 8.05. The number of thioether (sulfide) groups is 1. The Morgan fingerprint density at radius 1 is 1.19 bits per heavy atom. The Kier molecular flexibility index (Phi) is 6.78. The van der Waals surface area contributed by atoms with Crippen molar-refractivity contribution in [2.24, 2.45) is 5.73 Å². The van der Waals surface area contributed by atoms with E-state index in [0.717, 1.165) is 22.9 Å². The van der Waals surface area contributed by atoms with Crippen LogP contribution in [0.2, 0.25) is 0 Å². The molecule has 158 valence electrons. The van der Waals surface area contributed by atoms with Crippen molar-refractivity contribution in [3.05, 3.63) is 75.8 Å². The molecule has 1 unspecified atom stereocenters. The molecule has 0 bridgehead atoms. The van der Waals surface area contributed by atoms with E-state index in [9.17, 15) is 19.6 Å². The monoisotopic (exact) mass is 435 g/mol. The Balaban J connectivity index is 1.94. The number of primary amides is 1. The summed E-state index contributed by atoms with van der Waals surface area (Å²) in [5.74, 6) is -1.52. The number of hydrogen-bond donors (Lipinski definition) is 1. The van der Waals surface area contributed by atoms with E-state index in [1.807, 2.05) is 25.1 Å². The fraction of sp³-hybridized carbons (Fsp3) is 0.217. The molecule has 3 rings (SSSR count). The average Bonchev–Trinajstić information content (AvgIpc) is 3.05. The predicted molar refractivity (Wildman–Crippen MR) is 118 cm³/mol. The highest BCUT2D eigenvalue weighted by Gasteiger charge is 2.40. The number of rotatable bonds is 6. The van der Waals surface area contributed by atoms with Gasteiger partial charge in [0.05, 0.1) is 23.1 Å². The molecule has 0 aliphatic carbocycles. The van der Waals surface area contributed by atoms with Crippen molar-refractivity contribution in [3.8, 4) is 6.07 Å². The zero-order chi connectivity index (χ0) is 22.5.